The zero-order valence-electron chi connectivity index (χ0n) is 26.0. The molecule has 1 fully saturated rings. The van der Waals surface area contributed by atoms with Gasteiger partial charge >= 0.3 is 0 Å². The van der Waals surface area contributed by atoms with Crippen molar-refractivity contribution in [2.75, 3.05) is 17.5 Å². The zero-order chi connectivity index (χ0) is 32.6. The Labute approximate surface area is 276 Å². The molecule has 0 bridgehead atoms. The van der Waals surface area contributed by atoms with Crippen molar-refractivity contribution < 1.29 is 22.7 Å². The number of nitrogens with one attached hydrogen (secondary N) is 1. The van der Waals surface area contributed by atoms with Crippen molar-refractivity contribution >= 4 is 50.7 Å². The van der Waals surface area contributed by atoms with E-state index in [0.29, 0.717) is 34.4 Å². The van der Waals surface area contributed by atoms with Crippen LogP contribution in [0, 0.1) is 6.92 Å². The number of carbonyl (C=O) groups excluding carboxylic acids is 2. The van der Waals surface area contributed by atoms with Crippen molar-refractivity contribution in [3.8, 4) is 5.75 Å². The van der Waals surface area contributed by atoms with Crippen LogP contribution in [0.25, 0.3) is 0 Å². The van der Waals surface area contributed by atoms with E-state index in [-0.39, 0.29) is 29.1 Å². The molecule has 0 spiro atoms. The molecule has 0 aromatic heterocycles. The van der Waals surface area contributed by atoms with Crippen LogP contribution in [0.2, 0.25) is 10.0 Å². The van der Waals surface area contributed by atoms with Crippen molar-refractivity contribution in [1.82, 2.24) is 10.2 Å². The number of sulfonamides is 1. The standard InChI is InChI=1S/C34H41Cl2N3O5S/c1-4-30(34(41)37-27-11-7-6-8-12-27)38(22-25-17-18-26(35)21-29(25)36)33(40)23-39(31-13-9-10-14-32(31)44-5-2)45(42,43)28-19-15-24(3)16-20-28/h9-10,13-21,27,30H,4-8,11-12,22-23H2,1-3H3,(H,37,41)/t30-/m0/s1. The van der Waals surface area contributed by atoms with E-state index in [1.807, 2.05) is 13.8 Å². The number of hydrogen-bond donors (Lipinski definition) is 1. The summed E-state index contributed by atoms with van der Waals surface area (Å²) in [5.74, 6) is -0.517. The first kappa shape index (κ1) is 34.6. The molecule has 0 saturated heterocycles. The van der Waals surface area contributed by atoms with Crippen LogP contribution in [0.4, 0.5) is 5.69 Å². The molecule has 45 heavy (non-hydrogen) atoms. The highest BCUT2D eigenvalue weighted by atomic mass is 35.5. The summed E-state index contributed by atoms with van der Waals surface area (Å²) in [5.41, 5.74) is 1.70. The van der Waals surface area contributed by atoms with E-state index in [1.54, 1.807) is 61.5 Å². The molecule has 1 N–H and O–H groups in total. The molecular weight excluding hydrogens is 633 g/mol. The van der Waals surface area contributed by atoms with E-state index in [9.17, 15) is 18.0 Å². The van der Waals surface area contributed by atoms with Crippen molar-refractivity contribution in [3.05, 3.63) is 87.9 Å². The normalized spacial score (nSPS) is 14.4. The molecule has 0 unspecified atom stereocenters. The van der Waals surface area contributed by atoms with Gasteiger partial charge in [0.05, 0.1) is 17.2 Å². The van der Waals surface area contributed by atoms with Crippen LogP contribution in [0.15, 0.2) is 71.6 Å². The summed E-state index contributed by atoms with van der Waals surface area (Å²) in [5, 5.41) is 3.93. The van der Waals surface area contributed by atoms with Gasteiger partial charge in [-0.2, -0.15) is 0 Å². The first-order valence-corrected chi connectivity index (χ1v) is 17.6. The van der Waals surface area contributed by atoms with E-state index < -0.39 is 28.5 Å². The fraction of sp³-hybridized carbons (Fsp3) is 0.412. The Kier molecular flexibility index (Phi) is 12.2. The second kappa shape index (κ2) is 15.8. The largest absolute Gasteiger partial charge is 0.492 e. The van der Waals surface area contributed by atoms with Crippen LogP contribution in [-0.2, 0) is 26.2 Å². The number of nitrogens with zero attached hydrogens (tertiary/aromatic N) is 2. The van der Waals surface area contributed by atoms with Gasteiger partial charge in [0.1, 0.15) is 18.3 Å². The highest BCUT2D eigenvalue weighted by molar-refractivity contribution is 7.92. The number of amides is 2. The van der Waals surface area contributed by atoms with Gasteiger partial charge < -0.3 is 15.0 Å². The van der Waals surface area contributed by atoms with Crippen LogP contribution in [0.3, 0.4) is 0 Å². The smallest absolute Gasteiger partial charge is 0.264 e. The number of hydrogen-bond acceptors (Lipinski definition) is 5. The monoisotopic (exact) mass is 673 g/mol. The first-order chi connectivity index (χ1) is 21.5. The average molecular weight is 675 g/mol. The summed E-state index contributed by atoms with van der Waals surface area (Å²) in [7, 11) is -4.24. The van der Waals surface area contributed by atoms with Gasteiger partial charge in [-0.05, 0) is 75.1 Å². The van der Waals surface area contributed by atoms with Gasteiger partial charge in [0.2, 0.25) is 11.8 Å². The van der Waals surface area contributed by atoms with Gasteiger partial charge in [-0.15, -0.1) is 0 Å². The first-order valence-electron chi connectivity index (χ1n) is 15.4. The maximum absolute atomic E-state index is 14.4. The van der Waals surface area contributed by atoms with E-state index in [2.05, 4.69) is 5.32 Å². The fourth-order valence-electron chi connectivity index (χ4n) is 5.59. The number of para-hydroxylation sites is 2. The number of anilines is 1. The minimum absolute atomic E-state index is 0.0169. The SMILES string of the molecule is CCOc1ccccc1N(CC(=O)N(Cc1ccc(Cl)cc1Cl)[C@@H](CC)C(=O)NC1CCCCC1)S(=O)(=O)c1ccc(C)cc1. The number of ether oxygens (including phenoxy) is 1. The van der Waals surface area contributed by atoms with Gasteiger partial charge in [-0.3, -0.25) is 13.9 Å². The molecule has 1 aliphatic rings. The number of aryl methyl sites for hydroxylation is 1. The highest BCUT2D eigenvalue weighted by Gasteiger charge is 2.35. The van der Waals surface area contributed by atoms with Crippen molar-refractivity contribution in [3.63, 3.8) is 0 Å². The van der Waals surface area contributed by atoms with E-state index in [1.165, 1.54) is 17.0 Å². The average Bonchev–Trinajstić information content (AvgIpc) is 3.02. The summed E-state index contributed by atoms with van der Waals surface area (Å²) in [6.45, 7) is 5.21. The quantitative estimate of drug-likeness (QED) is 0.208. The van der Waals surface area contributed by atoms with E-state index in [0.717, 1.165) is 42.0 Å². The Morgan fingerprint density at radius 2 is 1.67 bits per heavy atom. The highest BCUT2D eigenvalue weighted by Crippen LogP contribution is 2.33. The molecule has 1 aliphatic carbocycles. The number of benzene rings is 3. The summed E-state index contributed by atoms with van der Waals surface area (Å²) in [6.07, 6.45) is 5.30. The summed E-state index contributed by atoms with van der Waals surface area (Å²) in [4.78, 5) is 29.6. The molecule has 3 aromatic rings. The third kappa shape index (κ3) is 8.71. The van der Waals surface area contributed by atoms with Crippen LogP contribution < -0.4 is 14.4 Å². The Morgan fingerprint density at radius 3 is 2.31 bits per heavy atom. The molecule has 3 aromatic carbocycles. The van der Waals surface area contributed by atoms with Gasteiger partial charge in [0, 0.05) is 22.6 Å². The Hall–Kier alpha value is -3.27. The topological polar surface area (TPSA) is 96.0 Å². The third-order valence-corrected chi connectivity index (χ3v) is 10.4. The lowest BCUT2D eigenvalue weighted by molar-refractivity contribution is -0.140. The predicted molar refractivity (Wildman–Crippen MR) is 179 cm³/mol. The van der Waals surface area contributed by atoms with Crippen LogP contribution in [0.5, 0.6) is 5.75 Å². The minimum atomic E-state index is -4.24. The molecule has 2 amide bonds. The Bertz CT molecular complexity index is 1580. The van der Waals surface area contributed by atoms with Gasteiger partial charge in [-0.1, -0.05) is 85.3 Å². The summed E-state index contributed by atoms with van der Waals surface area (Å²) >= 11 is 12.7. The predicted octanol–water partition coefficient (Wildman–Crippen LogP) is 7.15. The van der Waals surface area contributed by atoms with Crippen molar-refractivity contribution in [1.29, 1.82) is 0 Å². The van der Waals surface area contributed by atoms with Crippen molar-refractivity contribution in [2.45, 2.75) is 82.8 Å². The second-order valence-electron chi connectivity index (χ2n) is 11.3. The van der Waals surface area contributed by atoms with Gasteiger partial charge in [-0.25, -0.2) is 8.42 Å². The maximum Gasteiger partial charge on any atom is 0.264 e. The van der Waals surface area contributed by atoms with Gasteiger partial charge in [0.15, 0.2) is 0 Å². The van der Waals surface area contributed by atoms with Gasteiger partial charge in [0.25, 0.3) is 10.0 Å². The molecule has 1 saturated carbocycles. The zero-order valence-corrected chi connectivity index (χ0v) is 28.3. The minimum Gasteiger partial charge on any atom is -0.492 e. The van der Waals surface area contributed by atoms with Crippen LogP contribution in [-0.4, -0.2) is 50.4 Å². The lowest BCUT2D eigenvalue weighted by Crippen LogP contribution is -2.54. The Morgan fingerprint density at radius 1 is 0.978 bits per heavy atom. The molecule has 242 valence electrons. The molecule has 4 rings (SSSR count). The molecule has 0 heterocycles. The molecule has 11 heteroatoms. The number of halogens is 2. The van der Waals surface area contributed by atoms with E-state index in [4.69, 9.17) is 27.9 Å². The van der Waals surface area contributed by atoms with Crippen LogP contribution in [0.1, 0.15) is 63.5 Å². The number of rotatable bonds is 13. The second-order valence-corrected chi connectivity index (χ2v) is 14.0. The Balaban J connectivity index is 1.76. The fourth-order valence-corrected chi connectivity index (χ4v) is 7.48. The van der Waals surface area contributed by atoms with E-state index >= 15 is 0 Å². The summed E-state index contributed by atoms with van der Waals surface area (Å²) in [6, 6.07) is 17.3. The van der Waals surface area contributed by atoms with Crippen LogP contribution >= 0.6 is 23.2 Å². The molecule has 0 aliphatic heterocycles. The lowest BCUT2D eigenvalue weighted by Gasteiger charge is -2.35. The maximum atomic E-state index is 14.4. The molecule has 1 atom stereocenters. The molecular formula is C34H41Cl2N3O5S. The third-order valence-electron chi connectivity index (χ3n) is 8.01. The number of carbonyl (C=O) groups is 2. The molecule has 8 nitrogen and oxygen atoms in total. The van der Waals surface area contributed by atoms with Crippen molar-refractivity contribution in [2.24, 2.45) is 0 Å². The summed E-state index contributed by atoms with van der Waals surface area (Å²) < 4.78 is 35.3. The molecule has 0 radical (unpaired) electrons. The lowest BCUT2D eigenvalue weighted by atomic mass is 9.95.